The zero-order valence-corrected chi connectivity index (χ0v) is 13.4. The predicted octanol–water partition coefficient (Wildman–Crippen LogP) is -0.336. The summed E-state index contributed by atoms with van der Waals surface area (Å²) in [6.45, 7) is 3.07. The molecule has 0 bridgehead atoms. The molecule has 0 aliphatic rings. The van der Waals surface area contributed by atoms with Crippen LogP contribution in [0, 0.1) is 0 Å². The van der Waals surface area contributed by atoms with Gasteiger partial charge in [0.25, 0.3) is 0 Å². The van der Waals surface area contributed by atoms with Gasteiger partial charge in [-0.1, -0.05) is 0 Å². The van der Waals surface area contributed by atoms with Crippen LogP contribution in [0.2, 0.25) is 0 Å². The molecule has 0 aromatic carbocycles. The van der Waals surface area contributed by atoms with Crippen LogP contribution in [0.15, 0.2) is 12.1 Å². The molecule has 2 N–H and O–H groups in total. The van der Waals surface area contributed by atoms with Crippen molar-refractivity contribution >= 4 is 21.5 Å². The van der Waals surface area contributed by atoms with Gasteiger partial charge in [0.05, 0.1) is 12.4 Å². The third-order valence-corrected chi connectivity index (χ3v) is 4.39. The number of sulfonamides is 1. The van der Waals surface area contributed by atoms with Crippen LogP contribution in [0.5, 0.6) is 0 Å². The highest BCUT2D eigenvalue weighted by Crippen LogP contribution is 2.07. The van der Waals surface area contributed by atoms with E-state index in [1.165, 1.54) is 0 Å². The van der Waals surface area contributed by atoms with E-state index in [0.717, 1.165) is 0 Å². The van der Waals surface area contributed by atoms with Crippen molar-refractivity contribution in [3.8, 4) is 0 Å². The summed E-state index contributed by atoms with van der Waals surface area (Å²) >= 11 is 0. The number of rotatable bonds is 9. The van der Waals surface area contributed by atoms with Crippen molar-refractivity contribution in [2.24, 2.45) is 0 Å². The molecule has 0 unspecified atom stereocenters. The Morgan fingerprint density at radius 2 is 2.09 bits per heavy atom. The van der Waals surface area contributed by atoms with Crippen LogP contribution in [0.25, 0.3) is 5.65 Å². The first kappa shape index (κ1) is 16.6. The van der Waals surface area contributed by atoms with Gasteiger partial charge < -0.3 is 10.1 Å². The first-order valence-corrected chi connectivity index (χ1v) is 8.62. The van der Waals surface area contributed by atoms with Crippen LogP contribution in [-0.2, 0) is 21.2 Å². The van der Waals surface area contributed by atoms with Crippen molar-refractivity contribution in [3.63, 3.8) is 0 Å². The molecule has 2 aromatic rings. The van der Waals surface area contributed by atoms with Crippen molar-refractivity contribution in [3.05, 3.63) is 18.0 Å². The Kier molecular flexibility index (Phi) is 5.63. The zero-order valence-electron chi connectivity index (χ0n) is 12.6. The van der Waals surface area contributed by atoms with Gasteiger partial charge >= 0.3 is 0 Å². The molecular formula is C12H20N6O3S. The summed E-state index contributed by atoms with van der Waals surface area (Å²) in [5.74, 6) is 1.34. The summed E-state index contributed by atoms with van der Waals surface area (Å²) in [5, 5.41) is 15.6. The molecule has 0 saturated heterocycles. The SMILES string of the molecule is CCS(=O)(=O)NCCc1nnc2ccc(NCCOC)nn12. The third-order valence-electron chi connectivity index (χ3n) is 2.99. The van der Waals surface area contributed by atoms with Gasteiger partial charge in [0, 0.05) is 26.6 Å². The molecule has 122 valence electrons. The van der Waals surface area contributed by atoms with Crippen LogP contribution in [-0.4, -0.2) is 60.8 Å². The van der Waals surface area contributed by atoms with E-state index in [0.29, 0.717) is 36.9 Å². The highest BCUT2D eigenvalue weighted by atomic mass is 32.2. The van der Waals surface area contributed by atoms with E-state index in [-0.39, 0.29) is 12.3 Å². The van der Waals surface area contributed by atoms with Gasteiger partial charge in [-0.25, -0.2) is 13.1 Å². The normalized spacial score (nSPS) is 11.9. The van der Waals surface area contributed by atoms with Crippen LogP contribution in [0.3, 0.4) is 0 Å². The number of hydrogen-bond donors (Lipinski definition) is 2. The maximum Gasteiger partial charge on any atom is 0.211 e. The molecule has 0 atom stereocenters. The molecule has 0 amide bonds. The van der Waals surface area contributed by atoms with E-state index in [9.17, 15) is 8.42 Å². The summed E-state index contributed by atoms with van der Waals surface area (Å²) in [6.07, 6.45) is 0.412. The minimum absolute atomic E-state index is 0.0550. The fourth-order valence-corrected chi connectivity index (χ4v) is 2.40. The summed E-state index contributed by atoms with van der Waals surface area (Å²) in [4.78, 5) is 0. The molecule has 0 saturated carbocycles. The molecule has 9 nitrogen and oxygen atoms in total. The summed E-state index contributed by atoms with van der Waals surface area (Å²) in [6, 6.07) is 3.61. The fourth-order valence-electron chi connectivity index (χ4n) is 1.79. The van der Waals surface area contributed by atoms with Gasteiger partial charge in [-0.2, -0.15) is 4.52 Å². The number of nitrogens with zero attached hydrogens (tertiary/aromatic N) is 4. The van der Waals surface area contributed by atoms with Gasteiger partial charge in [0.15, 0.2) is 11.5 Å². The topological polar surface area (TPSA) is 111 Å². The molecule has 0 spiro atoms. The minimum Gasteiger partial charge on any atom is -0.383 e. The monoisotopic (exact) mass is 328 g/mol. The second kappa shape index (κ2) is 7.47. The highest BCUT2D eigenvalue weighted by Gasteiger charge is 2.10. The largest absolute Gasteiger partial charge is 0.383 e. The lowest BCUT2D eigenvalue weighted by Gasteiger charge is -2.06. The molecule has 0 aliphatic heterocycles. The molecule has 2 aromatic heterocycles. The Bertz CT molecular complexity index is 715. The average Bonchev–Trinajstić information content (AvgIpc) is 2.90. The Morgan fingerprint density at radius 3 is 2.82 bits per heavy atom. The maximum atomic E-state index is 11.4. The average molecular weight is 328 g/mol. The molecule has 0 fully saturated rings. The van der Waals surface area contributed by atoms with Crippen molar-refractivity contribution in [2.45, 2.75) is 13.3 Å². The van der Waals surface area contributed by atoms with E-state index < -0.39 is 10.0 Å². The summed E-state index contributed by atoms with van der Waals surface area (Å²) in [5.41, 5.74) is 0.616. The maximum absolute atomic E-state index is 11.4. The van der Waals surface area contributed by atoms with Crippen LogP contribution >= 0.6 is 0 Å². The van der Waals surface area contributed by atoms with E-state index in [4.69, 9.17) is 4.74 Å². The molecule has 0 radical (unpaired) electrons. The first-order chi connectivity index (χ1) is 10.6. The van der Waals surface area contributed by atoms with Crippen LogP contribution in [0.4, 0.5) is 5.82 Å². The standard InChI is InChI=1S/C12H20N6O3S/c1-3-22(19,20)14-7-6-12-16-15-11-5-4-10(17-18(11)12)13-8-9-21-2/h4-5,14H,3,6-9H2,1-2H3,(H,13,17). The van der Waals surface area contributed by atoms with E-state index >= 15 is 0 Å². The van der Waals surface area contributed by atoms with Crippen molar-refractivity contribution < 1.29 is 13.2 Å². The number of hydrogen-bond acceptors (Lipinski definition) is 7. The molecule has 2 rings (SSSR count). The Morgan fingerprint density at radius 1 is 1.27 bits per heavy atom. The lowest BCUT2D eigenvalue weighted by Crippen LogP contribution is -2.27. The van der Waals surface area contributed by atoms with Crippen molar-refractivity contribution in [1.29, 1.82) is 0 Å². The van der Waals surface area contributed by atoms with Crippen LogP contribution in [0.1, 0.15) is 12.7 Å². The number of aromatic nitrogens is 4. The van der Waals surface area contributed by atoms with Gasteiger partial charge in [-0.3, -0.25) is 0 Å². The van der Waals surface area contributed by atoms with E-state index in [1.54, 1.807) is 24.6 Å². The minimum atomic E-state index is -3.20. The molecular weight excluding hydrogens is 308 g/mol. The lowest BCUT2D eigenvalue weighted by molar-refractivity contribution is 0.210. The first-order valence-electron chi connectivity index (χ1n) is 6.97. The third kappa shape index (κ3) is 4.36. The Labute approximate surface area is 129 Å². The Hall–Kier alpha value is -1.78. The second-order valence-corrected chi connectivity index (χ2v) is 6.67. The van der Waals surface area contributed by atoms with Gasteiger partial charge in [-0.05, 0) is 19.1 Å². The van der Waals surface area contributed by atoms with Gasteiger partial charge in [0.2, 0.25) is 10.0 Å². The van der Waals surface area contributed by atoms with Crippen molar-refractivity contribution in [1.82, 2.24) is 24.5 Å². The number of fused-ring (bicyclic) bond motifs is 1. The van der Waals surface area contributed by atoms with Gasteiger partial charge in [0.1, 0.15) is 5.82 Å². The quantitative estimate of drug-likeness (QED) is 0.606. The van der Waals surface area contributed by atoms with Gasteiger partial charge in [-0.15, -0.1) is 15.3 Å². The summed E-state index contributed by atoms with van der Waals surface area (Å²) < 4.78 is 31.9. The van der Waals surface area contributed by atoms with E-state index in [2.05, 4.69) is 25.3 Å². The molecule has 10 heteroatoms. The molecule has 0 aliphatic carbocycles. The number of anilines is 1. The number of methoxy groups -OCH3 is 1. The number of nitrogens with one attached hydrogen (secondary N) is 2. The second-order valence-electron chi connectivity index (χ2n) is 4.57. The van der Waals surface area contributed by atoms with E-state index in [1.807, 2.05) is 6.07 Å². The predicted molar refractivity (Wildman–Crippen MR) is 82.3 cm³/mol. The fraction of sp³-hybridized carbons (Fsp3) is 0.583. The number of ether oxygens (including phenoxy) is 1. The lowest BCUT2D eigenvalue weighted by atomic mass is 10.4. The Balaban J connectivity index is 2.05. The smallest absolute Gasteiger partial charge is 0.211 e. The molecule has 2 heterocycles. The van der Waals surface area contributed by atoms with Crippen molar-refractivity contribution in [2.75, 3.05) is 37.9 Å². The highest BCUT2D eigenvalue weighted by molar-refractivity contribution is 7.89. The van der Waals surface area contributed by atoms with Crippen LogP contribution < -0.4 is 10.0 Å². The zero-order chi connectivity index (χ0) is 16.0. The summed E-state index contributed by atoms with van der Waals surface area (Å²) in [7, 11) is -1.57. The molecule has 22 heavy (non-hydrogen) atoms.